The van der Waals surface area contributed by atoms with Crippen LogP contribution in [-0.4, -0.2) is 21.4 Å². The molecule has 0 spiro atoms. The van der Waals surface area contributed by atoms with Gasteiger partial charge in [-0.3, -0.25) is 0 Å². The van der Waals surface area contributed by atoms with Crippen molar-refractivity contribution in [2.24, 2.45) is 0 Å². The van der Waals surface area contributed by atoms with Crippen molar-refractivity contribution in [1.82, 2.24) is 14.9 Å². The number of aromatic nitrogens is 3. The lowest BCUT2D eigenvalue weighted by Gasteiger charge is -2.07. The molecular weight excluding hydrogens is 323 g/mol. The summed E-state index contributed by atoms with van der Waals surface area (Å²) in [4.78, 5) is 0. The Balaban J connectivity index is 1.51. The van der Waals surface area contributed by atoms with E-state index in [1.165, 1.54) is 12.1 Å². The van der Waals surface area contributed by atoms with Gasteiger partial charge in [0.05, 0.1) is 0 Å². The monoisotopic (exact) mass is 340 g/mol. The second kappa shape index (κ2) is 8.31. The van der Waals surface area contributed by atoms with Crippen molar-refractivity contribution in [1.29, 1.82) is 0 Å². The minimum Gasteiger partial charge on any atom is -0.319 e. The fraction of sp³-hybridized carbons (Fsp3) is 0.111. The van der Waals surface area contributed by atoms with Crippen LogP contribution >= 0.6 is 11.8 Å². The largest absolute Gasteiger partial charge is 0.319 e. The minimum absolute atomic E-state index is 0.223. The molecule has 0 saturated heterocycles. The van der Waals surface area contributed by atoms with Gasteiger partial charge in [0.25, 0.3) is 0 Å². The third-order valence-electron chi connectivity index (χ3n) is 3.29. The fourth-order valence-electron chi connectivity index (χ4n) is 2.07. The molecule has 0 saturated carbocycles. The molecule has 0 amide bonds. The van der Waals surface area contributed by atoms with Crippen LogP contribution in [0.5, 0.6) is 0 Å². The molecule has 0 aliphatic carbocycles. The van der Waals surface area contributed by atoms with Crippen LogP contribution in [0.3, 0.4) is 0 Å². The van der Waals surface area contributed by atoms with Gasteiger partial charge in [-0.15, -0.1) is 10.2 Å². The van der Waals surface area contributed by atoms with Crippen molar-refractivity contribution in [2.45, 2.75) is 10.9 Å². The summed E-state index contributed by atoms with van der Waals surface area (Å²) in [5.41, 5.74) is 5.44. The van der Waals surface area contributed by atoms with Gasteiger partial charge in [-0.05, 0) is 23.3 Å². The maximum atomic E-state index is 12.9. The first kappa shape index (κ1) is 16.3. The Bertz CT molecular complexity index is 784. The van der Waals surface area contributed by atoms with E-state index < -0.39 is 0 Å². The molecule has 24 heavy (non-hydrogen) atoms. The third kappa shape index (κ3) is 4.70. The number of hydrogen-bond donors (Lipinski definition) is 1. The van der Waals surface area contributed by atoms with Crippen molar-refractivity contribution in [2.75, 3.05) is 12.0 Å². The lowest BCUT2D eigenvalue weighted by atomic mass is 10.2. The van der Waals surface area contributed by atoms with Crippen LogP contribution in [0.1, 0.15) is 11.1 Å². The van der Waals surface area contributed by atoms with Crippen LogP contribution in [0.15, 0.2) is 72.2 Å². The Morgan fingerprint density at radius 2 is 1.88 bits per heavy atom. The van der Waals surface area contributed by atoms with Gasteiger partial charge >= 0.3 is 0 Å². The lowest BCUT2D eigenvalue weighted by Crippen LogP contribution is -2.14. The quantitative estimate of drug-likeness (QED) is 0.661. The molecule has 0 aliphatic rings. The molecule has 2 aromatic carbocycles. The molecule has 1 aromatic heterocycles. The second-order valence-corrected chi connectivity index (χ2v) is 6.02. The van der Waals surface area contributed by atoms with Crippen LogP contribution in [0, 0.1) is 5.82 Å². The topological polar surface area (TPSA) is 42.7 Å². The summed E-state index contributed by atoms with van der Waals surface area (Å²) in [6.45, 7) is 0.664. The summed E-state index contributed by atoms with van der Waals surface area (Å²) < 4.78 is 14.7. The average Bonchev–Trinajstić information content (AvgIpc) is 3.07. The first-order chi connectivity index (χ1) is 11.8. The Morgan fingerprint density at radius 3 is 2.67 bits per heavy atom. The highest BCUT2D eigenvalue weighted by atomic mass is 32.2. The van der Waals surface area contributed by atoms with Gasteiger partial charge < -0.3 is 5.43 Å². The predicted octanol–water partition coefficient (Wildman–Crippen LogP) is 3.97. The molecule has 3 aromatic rings. The van der Waals surface area contributed by atoms with E-state index >= 15 is 0 Å². The van der Waals surface area contributed by atoms with Gasteiger partial charge in [-0.1, -0.05) is 66.4 Å². The Hall–Kier alpha value is -2.60. The molecule has 0 fully saturated rings. The molecule has 6 heteroatoms. The van der Waals surface area contributed by atoms with E-state index in [4.69, 9.17) is 0 Å². The molecule has 1 N–H and O–H groups in total. The molecule has 0 bridgehead atoms. The van der Waals surface area contributed by atoms with E-state index in [-0.39, 0.29) is 5.82 Å². The standard InChI is InChI=1S/C18H17FN4S/c19-17-10-8-16(9-11-17)13-24-18-22-20-14-23(18)21-12-4-7-15-5-2-1-3-6-15/h1-11,14,21H,12-13H2/b7-4-. The average molecular weight is 340 g/mol. The summed E-state index contributed by atoms with van der Waals surface area (Å²) in [5, 5.41) is 8.80. The van der Waals surface area contributed by atoms with E-state index in [1.807, 2.05) is 24.3 Å². The molecule has 0 unspecified atom stereocenters. The predicted molar refractivity (Wildman–Crippen MR) is 95.7 cm³/mol. The Kier molecular flexibility index (Phi) is 5.63. The molecule has 3 rings (SSSR count). The second-order valence-electron chi connectivity index (χ2n) is 5.07. The number of hydrogen-bond acceptors (Lipinski definition) is 4. The number of nitrogens with zero attached hydrogens (tertiary/aromatic N) is 3. The van der Waals surface area contributed by atoms with Gasteiger partial charge in [0.1, 0.15) is 12.1 Å². The van der Waals surface area contributed by atoms with Gasteiger partial charge in [0.2, 0.25) is 5.16 Å². The summed E-state index contributed by atoms with van der Waals surface area (Å²) in [6, 6.07) is 16.6. The summed E-state index contributed by atoms with van der Waals surface area (Å²) in [6.07, 6.45) is 5.75. The minimum atomic E-state index is -0.223. The normalized spacial score (nSPS) is 11.0. The molecule has 0 atom stereocenters. The highest BCUT2D eigenvalue weighted by molar-refractivity contribution is 7.98. The zero-order valence-electron chi connectivity index (χ0n) is 13.0. The molecule has 0 radical (unpaired) electrons. The summed E-state index contributed by atoms with van der Waals surface area (Å²) >= 11 is 1.55. The Labute approximate surface area is 144 Å². The van der Waals surface area contributed by atoms with Crippen molar-refractivity contribution >= 4 is 17.8 Å². The van der Waals surface area contributed by atoms with Crippen molar-refractivity contribution in [3.63, 3.8) is 0 Å². The number of benzene rings is 2. The molecule has 1 heterocycles. The van der Waals surface area contributed by atoms with Gasteiger partial charge in [-0.2, -0.15) is 0 Å². The van der Waals surface area contributed by atoms with Gasteiger partial charge in [0, 0.05) is 12.3 Å². The number of halogens is 1. The number of nitrogens with one attached hydrogen (secondary N) is 1. The van der Waals surface area contributed by atoms with Crippen molar-refractivity contribution in [3.8, 4) is 0 Å². The highest BCUT2D eigenvalue weighted by Crippen LogP contribution is 2.19. The first-order valence-corrected chi connectivity index (χ1v) is 8.52. The fourth-order valence-corrected chi connectivity index (χ4v) is 2.91. The van der Waals surface area contributed by atoms with Crippen LogP contribution in [0.2, 0.25) is 0 Å². The smallest absolute Gasteiger partial charge is 0.210 e. The van der Waals surface area contributed by atoms with E-state index in [2.05, 4.69) is 33.8 Å². The number of rotatable bonds is 7. The summed E-state index contributed by atoms with van der Waals surface area (Å²) in [5.74, 6) is 0.485. The van der Waals surface area contributed by atoms with Crippen LogP contribution in [0.4, 0.5) is 4.39 Å². The first-order valence-electron chi connectivity index (χ1n) is 7.54. The Morgan fingerprint density at radius 1 is 1.08 bits per heavy atom. The molecule has 4 nitrogen and oxygen atoms in total. The van der Waals surface area contributed by atoms with Crippen molar-refractivity contribution in [3.05, 3.63) is 83.9 Å². The van der Waals surface area contributed by atoms with Gasteiger partial charge in [-0.25, -0.2) is 9.07 Å². The van der Waals surface area contributed by atoms with E-state index in [0.29, 0.717) is 12.3 Å². The molecule has 0 aliphatic heterocycles. The zero-order chi connectivity index (χ0) is 16.6. The lowest BCUT2D eigenvalue weighted by molar-refractivity contribution is 0.627. The summed E-state index contributed by atoms with van der Waals surface area (Å²) in [7, 11) is 0. The zero-order valence-corrected chi connectivity index (χ0v) is 13.8. The van der Waals surface area contributed by atoms with E-state index in [1.54, 1.807) is 34.9 Å². The van der Waals surface area contributed by atoms with Gasteiger partial charge in [0.15, 0.2) is 0 Å². The number of thioether (sulfide) groups is 1. The van der Waals surface area contributed by atoms with Crippen LogP contribution in [-0.2, 0) is 5.75 Å². The molecular formula is C18H17FN4S. The van der Waals surface area contributed by atoms with Crippen molar-refractivity contribution < 1.29 is 4.39 Å². The van der Waals surface area contributed by atoms with E-state index in [0.717, 1.165) is 16.3 Å². The third-order valence-corrected chi connectivity index (χ3v) is 4.30. The maximum absolute atomic E-state index is 12.9. The highest BCUT2D eigenvalue weighted by Gasteiger charge is 2.04. The van der Waals surface area contributed by atoms with Crippen LogP contribution in [0.25, 0.3) is 6.08 Å². The molecule has 122 valence electrons. The van der Waals surface area contributed by atoms with E-state index in [9.17, 15) is 4.39 Å². The maximum Gasteiger partial charge on any atom is 0.210 e. The van der Waals surface area contributed by atoms with Crippen LogP contribution < -0.4 is 5.43 Å². The SMILES string of the molecule is Fc1ccc(CSc2nncn2NC/C=C\c2ccccc2)cc1.